The van der Waals surface area contributed by atoms with Crippen molar-refractivity contribution in [3.8, 4) is 40.0 Å². The molecular weight excluding hydrogens is 432 g/mol. The second-order valence-electron chi connectivity index (χ2n) is 7.92. The van der Waals surface area contributed by atoms with Gasteiger partial charge in [-0.05, 0) is 42.0 Å². The first-order valence-electron chi connectivity index (χ1n) is 10.9. The molecule has 0 spiro atoms. The predicted octanol–water partition coefficient (Wildman–Crippen LogP) is 5.21. The molecule has 34 heavy (non-hydrogen) atoms. The minimum atomic E-state index is -0.698. The molecular formula is C27H20N2O5. The van der Waals surface area contributed by atoms with E-state index < -0.39 is 6.10 Å². The summed E-state index contributed by atoms with van der Waals surface area (Å²) in [6.45, 7) is 0.178. The number of ether oxygens (including phenoxy) is 4. The van der Waals surface area contributed by atoms with E-state index in [2.05, 4.69) is 10.3 Å². The smallest absolute Gasteiger partial charge is 0.265 e. The molecule has 168 valence electrons. The molecule has 0 bridgehead atoms. The molecule has 0 radical (unpaired) electrons. The lowest BCUT2D eigenvalue weighted by Gasteiger charge is -2.13. The molecule has 1 aromatic heterocycles. The van der Waals surface area contributed by atoms with Crippen LogP contribution in [0.3, 0.4) is 0 Å². The average molecular weight is 452 g/mol. The largest absolute Gasteiger partial charge is 0.464 e. The summed E-state index contributed by atoms with van der Waals surface area (Å²) >= 11 is 0. The summed E-state index contributed by atoms with van der Waals surface area (Å²) in [5.74, 6) is 2.93. The van der Waals surface area contributed by atoms with Gasteiger partial charge >= 0.3 is 0 Å². The molecule has 0 fully saturated rings. The summed E-state index contributed by atoms with van der Waals surface area (Å²) in [6.07, 6.45) is 1.39. The van der Waals surface area contributed by atoms with E-state index in [1.165, 1.54) is 0 Å². The van der Waals surface area contributed by atoms with Crippen LogP contribution in [0.25, 0.3) is 11.1 Å². The Hall–Kier alpha value is -4.52. The van der Waals surface area contributed by atoms with Gasteiger partial charge < -0.3 is 24.3 Å². The Labute approximate surface area is 195 Å². The number of pyridine rings is 1. The predicted molar refractivity (Wildman–Crippen MR) is 126 cm³/mol. The first kappa shape index (κ1) is 20.1. The third-order valence-electron chi connectivity index (χ3n) is 5.74. The number of rotatable bonds is 5. The van der Waals surface area contributed by atoms with E-state index in [9.17, 15) is 4.79 Å². The van der Waals surface area contributed by atoms with Crippen LogP contribution >= 0.6 is 0 Å². The molecule has 1 N–H and O–H groups in total. The Kier molecular flexibility index (Phi) is 4.99. The second-order valence-corrected chi connectivity index (χ2v) is 7.92. The molecule has 1 atom stereocenters. The molecule has 1 unspecified atom stereocenters. The first-order chi connectivity index (χ1) is 16.7. The molecule has 3 heterocycles. The van der Waals surface area contributed by atoms with E-state index in [-0.39, 0.29) is 12.7 Å². The number of benzene rings is 3. The molecule has 7 heteroatoms. The van der Waals surface area contributed by atoms with Gasteiger partial charge in [-0.2, -0.15) is 0 Å². The fraction of sp³-hybridized carbons (Fsp3) is 0.111. The average Bonchev–Trinajstić information content (AvgIpc) is 3.52. The van der Waals surface area contributed by atoms with Crippen LogP contribution in [0.2, 0.25) is 0 Å². The summed E-state index contributed by atoms with van der Waals surface area (Å²) in [5, 5.41) is 2.90. The number of amides is 1. The van der Waals surface area contributed by atoms with Gasteiger partial charge in [0.15, 0.2) is 17.6 Å². The second kappa shape index (κ2) is 8.44. The minimum absolute atomic E-state index is 0.178. The van der Waals surface area contributed by atoms with Gasteiger partial charge in [0, 0.05) is 35.5 Å². The zero-order chi connectivity index (χ0) is 22.9. The summed E-state index contributed by atoms with van der Waals surface area (Å²) in [5.41, 5.74) is 3.32. The van der Waals surface area contributed by atoms with Gasteiger partial charge in [0.05, 0.1) is 0 Å². The van der Waals surface area contributed by atoms with Crippen molar-refractivity contribution in [1.29, 1.82) is 0 Å². The highest BCUT2D eigenvalue weighted by atomic mass is 16.7. The number of para-hydroxylation sites is 2. The summed E-state index contributed by atoms with van der Waals surface area (Å²) in [4.78, 5) is 17.3. The van der Waals surface area contributed by atoms with E-state index in [0.29, 0.717) is 29.5 Å². The molecule has 7 nitrogen and oxygen atoms in total. The van der Waals surface area contributed by atoms with Gasteiger partial charge in [-0.15, -0.1) is 0 Å². The number of nitrogens with one attached hydrogen (secondary N) is 1. The van der Waals surface area contributed by atoms with Crippen molar-refractivity contribution in [1.82, 2.24) is 4.98 Å². The Morgan fingerprint density at radius 2 is 1.74 bits per heavy atom. The standard InChI is InChI=1S/C27H20N2O5/c30-26(29-17-10-11-23-24(14-17)32-16-31-23)25-15-21-19(12-13-28-27(21)34-25)20-8-4-5-9-22(20)33-18-6-2-1-3-7-18/h1-14,25H,15-16H2,(H,29,30). The number of hydrogen-bond acceptors (Lipinski definition) is 6. The monoisotopic (exact) mass is 452 g/mol. The maximum Gasteiger partial charge on any atom is 0.265 e. The number of nitrogens with zero attached hydrogens (tertiary/aromatic N) is 1. The summed E-state index contributed by atoms with van der Waals surface area (Å²) in [6, 6.07) is 24.6. The topological polar surface area (TPSA) is 78.9 Å². The van der Waals surface area contributed by atoms with Crippen molar-refractivity contribution in [2.24, 2.45) is 0 Å². The van der Waals surface area contributed by atoms with Gasteiger partial charge in [-0.25, -0.2) is 4.98 Å². The van der Waals surface area contributed by atoms with Gasteiger partial charge in [-0.3, -0.25) is 4.79 Å². The lowest BCUT2D eigenvalue weighted by molar-refractivity contribution is -0.122. The van der Waals surface area contributed by atoms with Gasteiger partial charge in [0.2, 0.25) is 12.7 Å². The van der Waals surface area contributed by atoms with E-state index in [1.807, 2.05) is 60.7 Å². The maximum atomic E-state index is 13.0. The normalized spacial score (nSPS) is 15.4. The van der Waals surface area contributed by atoms with E-state index >= 15 is 0 Å². The van der Waals surface area contributed by atoms with Crippen molar-refractivity contribution in [2.75, 3.05) is 12.1 Å². The number of fused-ring (bicyclic) bond motifs is 2. The molecule has 4 aromatic rings. The Bertz CT molecular complexity index is 1370. The minimum Gasteiger partial charge on any atom is -0.464 e. The third-order valence-corrected chi connectivity index (χ3v) is 5.74. The Morgan fingerprint density at radius 1 is 0.912 bits per heavy atom. The van der Waals surface area contributed by atoms with Crippen molar-refractivity contribution >= 4 is 11.6 Å². The Morgan fingerprint density at radius 3 is 2.65 bits per heavy atom. The number of carbonyl (C=O) groups is 1. The van der Waals surface area contributed by atoms with Gasteiger partial charge in [0.1, 0.15) is 11.5 Å². The van der Waals surface area contributed by atoms with Crippen molar-refractivity contribution in [3.63, 3.8) is 0 Å². The van der Waals surface area contributed by atoms with E-state index in [1.54, 1.807) is 24.4 Å². The van der Waals surface area contributed by atoms with Crippen LogP contribution in [-0.2, 0) is 11.2 Å². The molecule has 2 aliphatic heterocycles. The lowest BCUT2D eigenvalue weighted by atomic mass is 9.98. The number of carbonyl (C=O) groups excluding carboxylic acids is 1. The van der Waals surface area contributed by atoms with Crippen LogP contribution in [0, 0.1) is 0 Å². The van der Waals surface area contributed by atoms with E-state index in [0.717, 1.165) is 28.2 Å². The highest BCUT2D eigenvalue weighted by Gasteiger charge is 2.33. The SMILES string of the molecule is O=C(Nc1ccc2c(c1)OCO2)C1Cc2c(-c3ccccc3Oc3ccccc3)ccnc2O1. The lowest BCUT2D eigenvalue weighted by Crippen LogP contribution is -2.31. The number of aromatic nitrogens is 1. The summed E-state index contributed by atoms with van der Waals surface area (Å²) < 4.78 is 22.8. The zero-order valence-corrected chi connectivity index (χ0v) is 18.1. The number of hydrogen-bond donors (Lipinski definition) is 1. The highest BCUT2D eigenvalue weighted by molar-refractivity contribution is 5.95. The molecule has 2 aliphatic rings. The zero-order valence-electron chi connectivity index (χ0n) is 18.1. The van der Waals surface area contributed by atoms with Crippen molar-refractivity contribution in [3.05, 3.63) is 90.6 Å². The van der Waals surface area contributed by atoms with Gasteiger partial charge in [0.25, 0.3) is 5.91 Å². The fourth-order valence-corrected chi connectivity index (χ4v) is 4.12. The molecule has 0 saturated carbocycles. The molecule has 1 amide bonds. The van der Waals surface area contributed by atoms with Crippen molar-refractivity contribution < 1.29 is 23.7 Å². The van der Waals surface area contributed by atoms with Crippen LogP contribution in [0.5, 0.6) is 28.9 Å². The van der Waals surface area contributed by atoms with Crippen LogP contribution in [0.15, 0.2) is 85.1 Å². The molecule has 3 aromatic carbocycles. The van der Waals surface area contributed by atoms with Crippen LogP contribution < -0.4 is 24.3 Å². The maximum absolute atomic E-state index is 13.0. The molecule has 0 saturated heterocycles. The third kappa shape index (κ3) is 3.77. The number of anilines is 1. The van der Waals surface area contributed by atoms with Crippen molar-refractivity contribution in [2.45, 2.75) is 12.5 Å². The molecule has 6 rings (SSSR count). The first-order valence-corrected chi connectivity index (χ1v) is 10.9. The van der Waals surface area contributed by atoms with Crippen LogP contribution in [-0.4, -0.2) is 23.8 Å². The molecule has 0 aliphatic carbocycles. The Balaban J connectivity index is 1.25. The quantitative estimate of drug-likeness (QED) is 0.448. The van der Waals surface area contributed by atoms with Crippen LogP contribution in [0.4, 0.5) is 5.69 Å². The van der Waals surface area contributed by atoms with Crippen LogP contribution in [0.1, 0.15) is 5.56 Å². The summed E-state index contributed by atoms with van der Waals surface area (Å²) in [7, 11) is 0. The highest BCUT2D eigenvalue weighted by Crippen LogP contribution is 2.40. The van der Waals surface area contributed by atoms with Gasteiger partial charge in [-0.1, -0.05) is 36.4 Å². The van der Waals surface area contributed by atoms with E-state index in [4.69, 9.17) is 18.9 Å². The fourth-order valence-electron chi connectivity index (χ4n) is 4.12.